The first-order valence-electron chi connectivity index (χ1n) is 7.01. The van der Waals surface area contributed by atoms with E-state index in [4.69, 9.17) is 5.73 Å². The molecule has 0 heterocycles. The van der Waals surface area contributed by atoms with Crippen molar-refractivity contribution < 1.29 is 10.2 Å². The van der Waals surface area contributed by atoms with Crippen LogP contribution in [0.1, 0.15) is 43.7 Å². The summed E-state index contributed by atoms with van der Waals surface area (Å²) in [6.45, 7) is 8.53. The van der Waals surface area contributed by atoms with Crippen LogP contribution in [0, 0.1) is 5.92 Å². The van der Waals surface area contributed by atoms with Crippen molar-refractivity contribution in [3.63, 3.8) is 0 Å². The monoisotopic (exact) mass is 273 g/mol. The van der Waals surface area contributed by atoms with E-state index in [1.54, 1.807) is 6.07 Å². The third-order valence-corrected chi connectivity index (χ3v) is 4.16. The van der Waals surface area contributed by atoms with Crippen molar-refractivity contribution in [2.24, 2.45) is 11.7 Å². The van der Waals surface area contributed by atoms with E-state index in [9.17, 15) is 10.2 Å². The van der Waals surface area contributed by atoms with Gasteiger partial charge in [0.05, 0.1) is 0 Å². The van der Waals surface area contributed by atoms with Gasteiger partial charge in [-0.1, -0.05) is 23.8 Å². The average Bonchev–Trinajstić information content (AvgIpc) is 2.37. The van der Waals surface area contributed by atoms with E-state index in [-0.39, 0.29) is 17.4 Å². The lowest BCUT2D eigenvalue weighted by molar-refractivity contribution is 0.423. The molecule has 1 aliphatic rings. The molecule has 0 amide bonds. The van der Waals surface area contributed by atoms with Gasteiger partial charge in [-0.15, -0.1) is 0 Å². The topological polar surface area (TPSA) is 66.5 Å². The maximum absolute atomic E-state index is 10.3. The van der Waals surface area contributed by atoms with Gasteiger partial charge in [0.25, 0.3) is 0 Å². The van der Waals surface area contributed by atoms with Gasteiger partial charge in [-0.2, -0.15) is 0 Å². The second-order valence-electron chi connectivity index (χ2n) is 5.77. The minimum Gasteiger partial charge on any atom is -0.508 e. The maximum Gasteiger partial charge on any atom is 0.123 e. The second kappa shape index (κ2) is 5.71. The van der Waals surface area contributed by atoms with E-state index < -0.39 is 0 Å². The van der Waals surface area contributed by atoms with Gasteiger partial charge < -0.3 is 15.9 Å². The van der Waals surface area contributed by atoms with Crippen LogP contribution in [0.5, 0.6) is 11.5 Å². The van der Waals surface area contributed by atoms with Crippen molar-refractivity contribution in [3.8, 4) is 11.5 Å². The quantitative estimate of drug-likeness (QED) is 0.737. The van der Waals surface area contributed by atoms with Gasteiger partial charge in [-0.25, -0.2) is 0 Å². The van der Waals surface area contributed by atoms with Crippen molar-refractivity contribution in [2.45, 2.75) is 39.2 Å². The first-order chi connectivity index (χ1) is 9.43. The molecule has 3 nitrogen and oxygen atoms in total. The Morgan fingerprint density at radius 1 is 1.40 bits per heavy atom. The molecule has 2 rings (SSSR count). The summed E-state index contributed by atoms with van der Waals surface area (Å²) >= 11 is 0. The average molecular weight is 273 g/mol. The zero-order valence-corrected chi connectivity index (χ0v) is 12.2. The van der Waals surface area contributed by atoms with Crippen LogP contribution in [0.4, 0.5) is 0 Å². The zero-order valence-electron chi connectivity index (χ0n) is 12.2. The van der Waals surface area contributed by atoms with Gasteiger partial charge >= 0.3 is 0 Å². The summed E-state index contributed by atoms with van der Waals surface area (Å²) < 4.78 is 0. The molecule has 0 aliphatic heterocycles. The molecule has 0 fully saturated rings. The fourth-order valence-electron chi connectivity index (χ4n) is 3.14. The lowest BCUT2D eigenvalue weighted by atomic mass is 9.73. The normalized spacial score (nSPS) is 22.4. The van der Waals surface area contributed by atoms with Gasteiger partial charge in [0.2, 0.25) is 0 Å². The Hall–Kier alpha value is -1.74. The molecule has 0 saturated heterocycles. The number of hydrogen-bond donors (Lipinski definition) is 3. The van der Waals surface area contributed by atoms with Crippen LogP contribution in [-0.4, -0.2) is 10.2 Å². The second-order valence-corrected chi connectivity index (χ2v) is 5.77. The van der Waals surface area contributed by atoms with E-state index in [1.807, 2.05) is 6.92 Å². The largest absolute Gasteiger partial charge is 0.508 e. The Balaban J connectivity index is 2.57. The molecule has 1 aromatic carbocycles. The van der Waals surface area contributed by atoms with Gasteiger partial charge in [0.15, 0.2) is 0 Å². The van der Waals surface area contributed by atoms with Crippen LogP contribution < -0.4 is 5.73 Å². The SMILES string of the molecule is C=C(C)C1CCC(C)=C[C@H]1c1c(O)cc(O)cc1CN. The highest BCUT2D eigenvalue weighted by atomic mass is 16.3. The van der Waals surface area contributed by atoms with Crippen LogP contribution in [0.25, 0.3) is 0 Å². The number of phenols is 2. The minimum absolute atomic E-state index is 0.0510. The maximum atomic E-state index is 10.3. The van der Waals surface area contributed by atoms with Crippen molar-refractivity contribution >= 4 is 0 Å². The van der Waals surface area contributed by atoms with Crippen molar-refractivity contribution in [2.75, 3.05) is 0 Å². The van der Waals surface area contributed by atoms with Gasteiger partial charge in [-0.3, -0.25) is 0 Å². The number of allylic oxidation sites excluding steroid dienone is 3. The minimum atomic E-state index is 0.0510. The molecule has 0 saturated carbocycles. The molecular formula is C17H23NO2. The predicted molar refractivity (Wildman–Crippen MR) is 81.7 cm³/mol. The Kier molecular flexibility index (Phi) is 4.19. The molecule has 0 bridgehead atoms. The molecule has 1 aliphatic carbocycles. The molecule has 108 valence electrons. The lowest BCUT2D eigenvalue weighted by Gasteiger charge is -2.32. The zero-order chi connectivity index (χ0) is 14.9. The summed E-state index contributed by atoms with van der Waals surface area (Å²) in [7, 11) is 0. The fourth-order valence-corrected chi connectivity index (χ4v) is 3.14. The molecule has 1 unspecified atom stereocenters. The van der Waals surface area contributed by atoms with Crippen LogP contribution in [0.2, 0.25) is 0 Å². The standard InChI is InChI=1S/C17H23NO2/c1-10(2)14-5-4-11(3)6-15(14)17-12(9-18)7-13(19)8-16(17)20/h6-8,14-15,19-20H,1,4-5,9,18H2,2-3H3/t14?,15-/m1/s1. The molecule has 1 aromatic rings. The summed E-state index contributed by atoms with van der Waals surface area (Å²) in [5.41, 5.74) is 9.85. The van der Waals surface area contributed by atoms with Crippen LogP contribution in [0.15, 0.2) is 35.9 Å². The summed E-state index contributed by atoms with van der Waals surface area (Å²) in [6, 6.07) is 3.03. The first-order valence-corrected chi connectivity index (χ1v) is 7.01. The number of aromatic hydroxyl groups is 2. The summed E-state index contributed by atoms with van der Waals surface area (Å²) in [6.07, 6.45) is 4.30. The third-order valence-electron chi connectivity index (χ3n) is 4.16. The fraction of sp³-hybridized carbons (Fsp3) is 0.412. The summed E-state index contributed by atoms with van der Waals surface area (Å²) in [5.74, 6) is 0.558. The Labute approximate surface area is 120 Å². The Morgan fingerprint density at radius 3 is 2.70 bits per heavy atom. The van der Waals surface area contributed by atoms with Crippen LogP contribution in [-0.2, 0) is 6.54 Å². The Morgan fingerprint density at radius 2 is 2.10 bits per heavy atom. The van der Waals surface area contributed by atoms with Crippen LogP contribution >= 0.6 is 0 Å². The van der Waals surface area contributed by atoms with E-state index in [0.29, 0.717) is 12.5 Å². The van der Waals surface area contributed by atoms with E-state index in [0.717, 1.165) is 29.5 Å². The molecule has 0 aromatic heterocycles. The highest BCUT2D eigenvalue weighted by molar-refractivity contribution is 5.50. The molecule has 3 heteroatoms. The number of phenolic OH excluding ortho intramolecular Hbond substituents is 2. The molecule has 0 spiro atoms. The number of hydrogen-bond acceptors (Lipinski definition) is 3. The molecule has 2 atom stereocenters. The van der Waals surface area contributed by atoms with Crippen molar-refractivity contribution in [1.29, 1.82) is 0 Å². The lowest BCUT2D eigenvalue weighted by Crippen LogP contribution is -2.19. The smallest absolute Gasteiger partial charge is 0.123 e. The molecule has 0 radical (unpaired) electrons. The van der Waals surface area contributed by atoms with E-state index >= 15 is 0 Å². The van der Waals surface area contributed by atoms with E-state index in [2.05, 4.69) is 19.6 Å². The third kappa shape index (κ3) is 2.73. The number of nitrogens with two attached hydrogens (primary N) is 1. The summed E-state index contributed by atoms with van der Waals surface area (Å²) in [5, 5.41) is 19.9. The predicted octanol–water partition coefficient (Wildman–Crippen LogP) is 3.57. The summed E-state index contributed by atoms with van der Waals surface area (Å²) in [4.78, 5) is 0. The highest BCUT2D eigenvalue weighted by Crippen LogP contribution is 2.44. The highest BCUT2D eigenvalue weighted by Gasteiger charge is 2.29. The molecular weight excluding hydrogens is 250 g/mol. The van der Waals surface area contributed by atoms with E-state index in [1.165, 1.54) is 11.6 Å². The van der Waals surface area contributed by atoms with Gasteiger partial charge in [0.1, 0.15) is 11.5 Å². The van der Waals surface area contributed by atoms with Gasteiger partial charge in [-0.05, 0) is 44.2 Å². The van der Waals surface area contributed by atoms with Crippen LogP contribution in [0.3, 0.4) is 0 Å². The molecule has 4 N–H and O–H groups in total. The Bertz CT molecular complexity index is 560. The first kappa shape index (κ1) is 14.7. The molecule has 20 heavy (non-hydrogen) atoms. The van der Waals surface area contributed by atoms with Crippen molar-refractivity contribution in [1.82, 2.24) is 0 Å². The number of benzene rings is 1. The van der Waals surface area contributed by atoms with Crippen molar-refractivity contribution in [3.05, 3.63) is 47.1 Å². The van der Waals surface area contributed by atoms with Gasteiger partial charge in [0, 0.05) is 24.1 Å². The number of rotatable bonds is 3.